The number of hydrogen-bond acceptors (Lipinski definition) is 3. The Morgan fingerprint density at radius 1 is 1.00 bits per heavy atom. The summed E-state index contributed by atoms with van der Waals surface area (Å²) in [5, 5.41) is 4.63. The molecule has 0 aromatic carbocycles. The zero-order valence-corrected chi connectivity index (χ0v) is 15.0. The average Bonchev–Trinajstić information content (AvgIpc) is 2.66. The summed E-state index contributed by atoms with van der Waals surface area (Å²) in [5.41, 5.74) is 8.12. The molecule has 1 aromatic heterocycles. The van der Waals surface area contributed by atoms with Gasteiger partial charge >= 0.3 is 0 Å². The van der Waals surface area contributed by atoms with Crippen molar-refractivity contribution in [1.29, 1.82) is 0 Å². The zero-order chi connectivity index (χ0) is 16.2. The molecule has 0 atom stereocenters. The smallest absolute Gasteiger partial charge is 0.150 e. The van der Waals surface area contributed by atoms with Gasteiger partial charge < -0.3 is 10.6 Å². The van der Waals surface area contributed by atoms with E-state index in [4.69, 9.17) is 5.73 Å². The molecule has 1 rings (SSSR count). The van der Waals surface area contributed by atoms with Crippen LogP contribution < -0.4 is 10.6 Å². The number of nitrogens with zero attached hydrogens (tertiary/aromatic N) is 3. The first-order valence-corrected chi connectivity index (χ1v) is 8.33. The van der Waals surface area contributed by atoms with Gasteiger partial charge in [0.15, 0.2) is 5.82 Å². The molecule has 0 aliphatic carbocycles. The van der Waals surface area contributed by atoms with E-state index in [1.807, 2.05) is 6.92 Å². The largest absolute Gasteiger partial charge is 0.394 e. The van der Waals surface area contributed by atoms with Gasteiger partial charge in [0, 0.05) is 19.1 Å². The van der Waals surface area contributed by atoms with E-state index < -0.39 is 0 Å². The van der Waals surface area contributed by atoms with E-state index in [1.54, 1.807) is 0 Å². The number of hydrogen-bond donors (Lipinski definition) is 1. The summed E-state index contributed by atoms with van der Waals surface area (Å²) in [4.78, 5) is 2.44. The molecule has 21 heavy (non-hydrogen) atoms. The van der Waals surface area contributed by atoms with E-state index in [1.165, 1.54) is 12.8 Å². The molecule has 1 heterocycles. The molecule has 2 N–H and O–H groups in total. The van der Waals surface area contributed by atoms with Crippen LogP contribution in [-0.2, 0) is 0 Å². The van der Waals surface area contributed by atoms with Gasteiger partial charge in [-0.05, 0) is 45.4 Å². The first kappa shape index (κ1) is 17.9. The van der Waals surface area contributed by atoms with Crippen LogP contribution in [0.3, 0.4) is 0 Å². The number of nitrogens with two attached hydrogens (primary N) is 1. The third-order valence-corrected chi connectivity index (χ3v) is 3.85. The van der Waals surface area contributed by atoms with Gasteiger partial charge in [0.25, 0.3) is 0 Å². The summed E-state index contributed by atoms with van der Waals surface area (Å²) in [6.45, 7) is 17.5. The van der Waals surface area contributed by atoms with Gasteiger partial charge in [0.2, 0.25) is 0 Å². The topological polar surface area (TPSA) is 47.1 Å². The summed E-state index contributed by atoms with van der Waals surface area (Å²) < 4.78 is 2.09. The molecule has 0 spiro atoms. The molecular formula is C17H34N4. The van der Waals surface area contributed by atoms with Crippen LogP contribution in [0.1, 0.15) is 66.1 Å². The molecule has 4 nitrogen and oxygen atoms in total. The Hall–Kier alpha value is -1.19. The van der Waals surface area contributed by atoms with Crippen molar-refractivity contribution in [3.63, 3.8) is 0 Å². The number of aryl methyl sites for hydroxylation is 1. The minimum Gasteiger partial charge on any atom is -0.394 e. The van der Waals surface area contributed by atoms with Crippen LogP contribution in [0.15, 0.2) is 0 Å². The van der Waals surface area contributed by atoms with Crippen LogP contribution in [-0.4, -0.2) is 22.9 Å². The van der Waals surface area contributed by atoms with E-state index in [-0.39, 0.29) is 0 Å². The highest BCUT2D eigenvalue weighted by Gasteiger charge is 2.21. The van der Waals surface area contributed by atoms with Gasteiger partial charge in [0.05, 0.1) is 11.4 Å². The standard InChI is InChI=1S/C17H34N4/c1-12(2)8-10-20(11-9-13(3)4)17-16(18)15(7)19-21(17)14(5)6/h12-14H,8-11,18H2,1-7H3. The van der Waals surface area contributed by atoms with Gasteiger partial charge in [0.1, 0.15) is 0 Å². The van der Waals surface area contributed by atoms with Crippen molar-refractivity contribution in [3.05, 3.63) is 5.69 Å². The number of aromatic nitrogens is 2. The second-order valence-electron chi connectivity index (χ2n) is 7.21. The minimum atomic E-state index is 0.330. The van der Waals surface area contributed by atoms with Crippen molar-refractivity contribution in [1.82, 2.24) is 9.78 Å². The van der Waals surface area contributed by atoms with Crippen LogP contribution in [0.25, 0.3) is 0 Å². The molecule has 0 bridgehead atoms. The van der Waals surface area contributed by atoms with Gasteiger partial charge in [-0.15, -0.1) is 0 Å². The molecule has 0 unspecified atom stereocenters. The van der Waals surface area contributed by atoms with Crippen LogP contribution in [0.4, 0.5) is 11.5 Å². The Morgan fingerprint density at radius 3 is 1.86 bits per heavy atom. The third kappa shape index (κ3) is 4.94. The summed E-state index contributed by atoms with van der Waals surface area (Å²) in [6.07, 6.45) is 2.36. The van der Waals surface area contributed by atoms with Crippen LogP contribution >= 0.6 is 0 Å². The molecule has 122 valence electrons. The fraction of sp³-hybridized carbons (Fsp3) is 0.824. The predicted octanol–water partition coefficient (Wildman–Crippen LogP) is 4.25. The third-order valence-electron chi connectivity index (χ3n) is 3.85. The second kappa shape index (κ2) is 7.71. The molecule has 0 fully saturated rings. The van der Waals surface area contributed by atoms with Crippen molar-refractivity contribution >= 4 is 11.5 Å². The zero-order valence-electron chi connectivity index (χ0n) is 15.0. The second-order valence-corrected chi connectivity index (χ2v) is 7.21. The molecule has 4 heteroatoms. The molecular weight excluding hydrogens is 260 g/mol. The maximum atomic E-state index is 6.33. The first-order chi connectivity index (χ1) is 9.73. The lowest BCUT2D eigenvalue weighted by Gasteiger charge is -2.28. The lowest BCUT2D eigenvalue weighted by molar-refractivity contribution is 0.495. The van der Waals surface area contributed by atoms with Crippen molar-refractivity contribution in [3.8, 4) is 0 Å². The predicted molar refractivity (Wildman–Crippen MR) is 92.9 cm³/mol. The fourth-order valence-corrected chi connectivity index (χ4v) is 2.38. The monoisotopic (exact) mass is 294 g/mol. The Labute approximate surface area is 130 Å². The maximum absolute atomic E-state index is 6.33. The van der Waals surface area contributed by atoms with Crippen molar-refractivity contribution in [2.75, 3.05) is 23.7 Å². The summed E-state index contributed by atoms with van der Waals surface area (Å²) in [5.74, 6) is 2.51. The first-order valence-electron chi connectivity index (χ1n) is 8.33. The Morgan fingerprint density at radius 2 is 1.48 bits per heavy atom. The van der Waals surface area contributed by atoms with E-state index in [2.05, 4.69) is 56.2 Å². The summed E-state index contributed by atoms with van der Waals surface area (Å²) >= 11 is 0. The quantitative estimate of drug-likeness (QED) is 0.779. The van der Waals surface area contributed by atoms with Crippen molar-refractivity contribution in [2.24, 2.45) is 11.8 Å². The lowest BCUT2D eigenvalue weighted by Crippen LogP contribution is -2.31. The fourth-order valence-electron chi connectivity index (χ4n) is 2.38. The van der Waals surface area contributed by atoms with Crippen LogP contribution in [0, 0.1) is 18.8 Å². The minimum absolute atomic E-state index is 0.330. The van der Waals surface area contributed by atoms with Gasteiger partial charge in [-0.25, -0.2) is 4.68 Å². The molecule has 0 aliphatic heterocycles. The molecule has 0 saturated heterocycles. The highest BCUT2D eigenvalue weighted by atomic mass is 15.4. The summed E-state index contributed by atoms with van der Waals surface area (Å²) in [7, 11) is 0. The van der Waals surface area contributed by atoms with E-state index >= 15 is 0 Å². The van der Waals surface area contributed by atoms with Gasteiger partial charge in [-0.3, -0.25) is 0 Å². The van der Waals surface area contributed by atoms with Crippen LogP contribution in [0.5, 0.6) is 0 Å². The lowest BCUT2D eigenvalue weighted by atomic mass is 10.1. The number of anilines is 2. The van der Waals surface area contributed by atoms with E-state index in [0.717, 1.165) is 30.3 Å². The average molecular weight is 294 g/mol. The SMILES string of the molecule is Cc1nn(C(C)C)c(N(CCC(C)C)CCC(C)C)c1N. The van der Waals surface area contributed by atoms with E-state index in [9.17, 15) is 0 Å². The Bertz CT molecular complexity index is 420. The van der Waals surface area contributed by atoms with Crippen molar-refractivity contribution < 1.29 is 0 Å². The Balaban J connectivity index is 3.05. The number of rotatable bonds is 8. The highest BCUT2D eigenvalue weighted by molar-refractivity contribution is 5.66. The van der Waals surface area contributed by atoms with E-state index in [0.29, 0.717) is 17.9 Å². The molecule has 0 aliphatic rings. The Kier molecular flexibility index (Phi) is 6.56. The molecule has 0 amide bonds. The summed E-state index contributed by atoms with van der Waals surface area (Å²) in [6, 6.07) is 0.330. The molecule has 0 radical (unpaired) electrons. The van der Waals surface area contributed by atoms with Crippen LogP contribution in [0.2, 0.25) is 0 Å². The normalized spacial score (nSPS) is 11.9. The van der Waals surface area contributed by atoms with Gasteiger partial charge in [-0.1, -0.05) is 27.7 Å². The highest BCUT2D eigenvalue weighted by Crippen LogP contribution is 2.30. The van der Waals surface area contributed by atoms with Crippen molar-refractivity contribution in [2.45, 2.75) is 67.3 Å². The van der Waals surface area contributed by atoms with Gasteiger partial charge in [-0.2, -0.15) is 5.10 Å². The molecule has 1 aromatic rings. The molecule has 0 saturated carbocycles. The maximum Gasteiger partial charge on any atom is 0.150 e. The number of nitrogen functional groups attached to an aromatic ring is 1.